The fraction of sp³-hybridized carbons (Fsp3) is 0.778. The van der Waals surface area contributed by atoms with Crippen LogP contribution in [0.3, 0.4) is 0 Å². The minimum absolute atomic E-state index is 0.467. The number of carbonyl (C=O) groups is 2. The van der Waals surface area contributed by atoms with Crippen LogP contribution in [0.1, 0.15) is 32.6 Å². The van der Waals surface area contributed by atoms with Gasteiger partial charge < -0.3 is 15.7 Å². The first-order chi connectivity index (χ1) is 6.98. The monoisotopic (exact) mass is 216 g/mol. The predicted octanol–water partition coefficient (Wildman–Crippen LogP) is -0.221. The summed E-state index contributed by atoms with van der Waals surface area (Å²) in [5, 5.41) is 9.03. The van der Waals surface area contributed by atoms with E-state index in [0.717, 1.165) is 12.8 Å². The zero-order valence-electron chi connectivity index (χ0n) is 8.66. The van der Waals surface area contributed by atoms with E-state index in [1.165, 1.54) is 6.92 Å². The van der Waals surface area contributed by atoms with Gasteiger partial charge in [-0.2, -0.15) is 0 Å². The van der Waals surface area contributed by atoms with Crippen LogP contribution < -0.4 is 11.2 Å². The van der Waals surface area contributed by atoms with E-state index in [0.29, 0.717) is 12.8 Å². The number of nitrogens with one attached hydrogen (secondary N) is 1. The van der Waals surface area contributed by atoms with Gasteiger partial charge in [0.2, 0.25) is 0 Å². The van der Waals surface area contributed by atoms with E-state index >= 15 is 0 Å². The van der Waals surface area contributed by atoms with Gasteiger partial charge in [-0.3, -0.25) is 4.79 Å². The average molecular weight is 216 g/mol. The average Bonchev–Trinajstić information content (AvgIpc) is 2.63. The number of rotatable bonds is 4. The number of carboxylic acids is 1. The first kappa shape index (κ1) is 11.9. The van der Waals surface area contributed by atoms with Gasteiger partial charge in [0.25, 0.3) is 0 Å². The Bertz CT molecular complexity index is 259. The molecule has 1 rings (SSSR count). The second-order valence-electron chi connectivity index (χ2n) is 3.91. The summed E-state index contributed by atoms with van der Waals surface area (Å²) in [7, 11) is 0. The Hall–Kier alpha value is -1.14. The molecular weight excluding hydrogens is 200 g/mol. The highest BCUT2D eigenvalue weighted by atomic mass is 16.7. The van der Waals surface area contributed by atoms with Gasteiger partial charge in [-0.15, -0.1) is 5.48 Å². The summed E-state index contributed by atoms with van der Waals surface area (Å²) in [5.41, 5.74) is 6.50. The molecule has 0 aliphatic heterocycles. The Balaban J connectivity index is 2.53. The van der Waals surface area contributed by atoms with Crippen LogP contribution in [0.4, 0.5) is 0 Å². The molecule has 6 heteroatoms. The van der Waals surface area contributed by atoms with Crippen molar-refractivity contribution in [1.29, 1.82) is 0 Å². The molecule has 0 saturated heterocycles. The van der Waals surface area contributed by atoms with Crippen molar-refractivity contribution in [2.45, 2.75) is 44.2 Å². The third-order valence-corrected chi connectivity index (χ3v) is 2.59. The normalized spacial score (nSPS) is 20.9. The number of aliphatic carboxylic acids is 1. The molecule has 0 heterocycles. The molecule has 1 aliphatic rings. The minimum atomic E-state index is -1.12. The van der Waals surface area contributed by atoms with E-state index in [4.69, 9.17) is 10.8 Å². The Morgan fingerprint density at radius 3 is 2.40 bits per heavy atom. The van der Waals surface area contributed by atoms with Crippen LogP contribution in [-0.2, 0) is 14.4 Å². The molecule has 15 heavy (non-hydrogen) atoms. The molecule has 86 valence electrons. The molecule has 6 nitrogen and oxygen atoms in total. The zero-order valence-corrected chi connectivity index (χ0v) is 8.66. The third kappa shape index (κ3) is 2.66. The van der Waals surface area contributed by atoms with Crippen molar-refractivity contribution in [3.63, 3.8) is 0 Å². The summed E-state index contributed by atoms with van der Waals surface area (Å²) < 4.78 is 0. The molecule has 1 aliphatic carbocycles. The standard InChI is InChI=1S/C9H16N2O4/c1-6(10)7(12)15-11-9(8(13)14)4-2-3-5-9/h6,11H,2-5,10H2,1H3,(H,13,14)/t6-/m0/s1. The van der Waals surface area contributed by atoms with Crippen molar-refractivity contribution in [3.8, 4) is 0 Å². The lowest BCUT2D eigenvalue weighted by Gasteiger charge is -2.24. The summed E-state index contributed by atoms with van der Waals surface area (Å²) >= 11 is 0. The fourth-order valence-corrected chi connectivity index (χ4v) is 1.58. The Morgan fingerprint density at radius 2 is 2.00 bits per heavy atom. The van der Waals surface area contributed by atoms with Crippen LogP contribution in [0.2, 0.25) is 0 Å². The molecule has 1 atom stereocenters. The van der Waals surface area contributed by atoms with Gasteiger partial charge in [0, 0.05) is 0 Å². The van der Waals surface area contributed by atoms with Crippen molar-refractivity contribution >= 4 is 11.9 Å². The first-order valence-corrected chi connectivity index (χ1v) is 4.95. The highest BCUT2D eigenvalue weighted by Crippen LogP contribution is 2.29. The summed E-state index contributed by atoms with van der Waals surface area (Å²) in [6, 6.07) is -0.759. The third-order valence-electron chi connectivity index (χ3n) is 2.59. The SMILES string of the molecule is C[C@H](N)C(=O)ONC1(C(=O)O)CCCC1. The Kier molecular flexibility index (Phi) is 3.65. The Labute approximate surface area is 87.7 Å². The van der Waals surface area contributed by atoms with Gasteiger partial charge in [-0.1, -0.05) is 12.8 Å². The van der Waals surface area contributed by atoms with E-state index in [1.54, 1.807) is 0 Å². The number of nitrogens with two attached hydrogens (primary N) is 1. The highest BCUT2D eigenvalue weighted by molar-refractivity contribution is 5.80. The van der Waals surface area contributed by atoms with Crippen LogP contribution in [0.15, 0.2) is 0 Å². The van der Waals surface area contributed by atoms with Crippen molar-refractivity contribution in [2.75, 3.05) is 0 Å². The van der Waals surface area contributed by atoms with Crippen molar-refractivity contribution in [2.24, 2.45) is 5.73 Å². The summed E-state index contributed by atoms with van der Waals surface area (Å²) in [6.45, 7) is 1.48. The van der Waals surface area contributed by atoms with Gasteiger partial charge in [0.15, 0.2) is 5.54 Å². The van der Waals surface area contributed by atoms with Gasteiger partial charge in [-0.25, -0.2) is 4.79 Å². The topological polar surface area (TPSA) is 102 Å². The quantitative estimate of drug-likeness (QED) is 0.561. The minimum Gasteiger partial charge on any atom is -0.480 e. The highest BCUT2D eigenvalue weighted by Gasteiger charge is 2.42. The molecule has 0 aromatic heterocycles. The molecule has 0 bridgehead atoms. The first-order valence-electron chi connectivity index (χ1n) is 4.95. The molecule has 0 radical (unpaired) electrons. The van der Waals surface area contributed by atoms with E-state index in [-0.39, 0.29) is 0 Å². The molecule has 1 fully saturated rings. The van der Waals surface area contributed by atoms with Crippen molar-refractivity contribution in [1.82, 2.24) is 5.48 Å². The number of carboxylic acid groups (broad SMARTS) is 1. The predicted molar refractivity (Wildman–Crippen MR) is 51.7 cm³/mol. The fourth-order valence-electron chi connectivity index (χ4n) is 1.58. The van der Waals surface area contributed by atoms with Crippen LogP contribution in [0, 0.1) is 0 Å². The molecule has 0 amide bonds. The van der Waals surface area contributed by atoms with Crippen LogP contribution in [-0.4, -0.2) is 28.6 Å². The van der Waals surface area contributed by atoms with Gasteiger partial charge >= 0.3 is 11.9 Å². The zero-order chi connectivity index (χ0) is 11.5. The van der Waals surface area contributed by atoms with Crippen molar-refractivity contribution in [3.05, 3.63) is 0 Å². The molecular formula is C9H16N2O4. The summed E-state index contributed by atoms with van der Waals surface area (Å²) in [4.78, 5) is 26.7. The maximum atomic E-state index is 11.1. The largest absolute Gasteiger partial charge is 0.480 e. The maximum Gasteiger partial charge on any atom is 0.341 e. The molecule has 4 N–H and O–H groups in total. The Morgan fingerprint density at radius 1 is 1.47 bits per heavy atom. The van der Waals surface area contributed by atoms with Gasteiger partial charge in [0.1, 0.15) is 6.04 Å². The number of hydrogen-bond acceptors (Lipinski definition) is 5. The second-order valence-corrected chi connectivity index (χ2v) is 3.91. The lowest BCUT2D eigenvalue weighted by Crippen LogP contribution is -2.51. The summed E-state index contributed by atoms with van der Waals surface area (Å²) in [5.74, 6) is -1.64. The van der Waals surface area contributed by atoms with E-state index in [1.807, 2.05) is 0 Å². The van der Waals surface area contributed by atoms with Gasteiger partial charge in [-0.05, 0) is 19.8 Å². The second kappa shape index (κ2) is 4.59. The van der Waals surface area contributed by atoms with Crippen LogP contribution in [0.5, 0.6) is 0 Å². The molecule has 0 unspecified atom stereocenters. The van der Waals surface area contributed by atoms with Crippen LogP contribution in [0.25, 0.3) is 0 Å². The smallest absolute Gasteiger partial charge is 0.341 e. The number of carbonyl (C=O) groups excluding carboxylic acids is 1. The molecule has 0 aromatic carbocycles. The number of hydroxylamine groups is 1. The van der Waals surface area contributed by atoms with E-state index < -0.39 is 23.5 Å². The maximum absolute atomic E-state index is 11.1. The lowest BCUT2D eigenvalue weighted by atomic mass is 10.00. The lowest BCUT2D eigenvalue weighted by molar-refractivity contribution is -0.165. The van der Waals surface area contributed by atoms with Crippen molar-refractivity contribution < 1.29 is 19.5 Å². The van der Waals surface area contributed by atoms with E-state index in [9.17, 15) is 9.59 Å². The number of hydrogen-bond donors (Lipinski definition) is 3. The van der Waals surface area contributed by atoms with Crippen LogP contribution >= 0.6 is 0 Å². The summed E-state index contributed by atoms with van der Waals surface area (Å²) in [6.07, 6.45) is 2.56. The van der Waals surface area contributed by atoms with Gasteiger partial charge in [0.05, 0.1) is 0 Å². The molecule has 1 saturated carbocycles. The van der Waals surface area contributed by atoms with E-state index in [2.05, 4.69) is 10.3 Å². The molecule has 0 aromatic rings. The molecule has 0 spiro atoms.